The fourth-order valence-electron chi connectivity index (χ4n) is 5.35. The number of carbonyl (C=O) groups is 2. The largest absolute Gasteiger partial charge is 0.493 e. The Hall–Kier alpha value is -5.18. The molecule has 1 heterocycles. The summed E-state index contributed by atoms with van der Waals surface area (Å²) in [4.78, 5) is 22.4. The molecule has 4 rings (SSSR count). The lowest BCUT2D eigenvalue weighted by molar-refractivity contribution is -0.138. The van der Waals surface area contributed by atoms with Crippen molar-refractivity contribution in [3.8, 4) is 45.5 Å². The minimum Gasteiger partial charge on any atom is -0.493 e. The molecule has 0 fully saturated rings. The van der Waals surface area contributed by atoms with E-state index in [0.29, 0.717) is 55.3 Å². The van der Waals surface area contributed by atoms with E-state index in [2.05, 4.69) is 66.7 Å². The number of aryl methyl sites for hydroxylation is 1. The van der Waals surface area contributed by atoms with Crippen LogP contribution >= 0.6 is 0 Å². The Bertz CT molecular complexity index is 1660. The summed E-state index contributed by atoms with van der Waals surface area (Å²) < 4.78 is 28.4. The second kappa shape index (κ2) is 21.8. The summed E-state index contributed by atoms with van der Waals surface area (Å²) in [5, 5.41) is 8.70. The van der Waals surface area contributed by atoms with Crippen molar-refractivity contribution in [3.05, 3.63) is 97.6 Å². The second-order valence-corrected chi connectivity index (χ2v) is 12.3. The van der Waals surface area contributed by atoms with Crippen LogP contribution in [-0.4, -0.2) is 48.6 Å². The number of unbranched alkanes of at least 4 members (excludes halogenated alkanes) is 7. The third kappa shape index (κ3) is 13.6. The smallest absolute Gasteiger partial charge is 0.330 e. The van der Waals surface area contributed by atoms with Crippen LogP contribution in [0.25, 0.3) is 34.0 Å². The third-order valence-corrected chi connectivity index (χ3v) is 8.23. The number of nitrogens with zero attached hydrogens (tertiary/aromatic N) is 2. The van der Waals surface area contributed by atoms with Crippen molar-refractivity contribution in [2.75, 3.05) is 26.4 Å². The van der Waals surface area contributed by atoms with Gasteiger partial charge in [0.25, 0.3) is 0 Å². The minimum absolute atomic E-state index is 0.354. The van der Waals surface area contributed by atoms with Crippen molar-refractivity contribution in [2.45, 2.75) is 77.6 Å². The normalized spacial score (nSPS) is 10.8. The first-order chi connectivity index (χ1) is 25.0. The average molecular weight is 695 g/mol. The molecule has 0 saturated heterocycles. The van der Waals surface area contributed by atoms with Crippen molar-refractivity contribution < 1.29 is 33.0 Å². The number of benzene rings is 3. The highest BCUT2D eigenvalue weighted by Gasteiger charge is 2.14. The van der Waals surface area contributed by atoms with Crippen LogP contribution in [0.1, 0.15) is 76.7 Å². The van der Waals surface area contributed by atoms with Crippen LogP contribution in [0, 0.1) is 0 Å². The molecule has 0 bridgehead atoms. The van der Waals surface area contributed by atoms with Gasteiger partial charge in [-0.05, 0) is 98.7 Å². The van der Waals surface area contributed by atoms with Crippen LogP contribution < -0.4 is 9.47 Å². The van der Waals surface area contributed by atoms with Gasteiger partial charge in [0.2, 0.25) is 11.8 Å². The van der Waals surface area contributed by atoms with Crippen LogP contribution in [0.2, 0.25) is 0 Å². The Morgan fingerprint density at radius 1 is 0.588 bits per heavy atom. The highest BCUT2D eigenvalue weighted by atomic mass is 16.5. The van der Waals surface area contributed by atoms with Crippen LogP contribution in [0.15, 0.2) is 96.5 Å². The maximum atomic E-state index is 11.2. The molecule has 0 aliphatic carbocycles. The Balaban J connectivity index is 1.37. The van der Waals surface area contributed by atoms with Crippen molar-refractivity contribution in [3.63, 3.8) is 0 Å². The Kier molecular flexibility index (Phi) is 16.5. The molecule has 270 valence electrons. The van der Waals surface area contributed by atoms with E-state index in [9.17, 15) is 9.59 Å². The lowest BCUT2D eigenvalue weighted by Crippen LogP contribution is -2.03. The van der Waals surface area contributed by atoms with Crippen molar-refractivity contribution in [1.82, 2.24) is 10.2 Å². The molecule has 0 radical (unpaired) electrons. The van der Waals surface area contributed by atoms with Gasteiger partial charge >= 0.3 is 11.9 Å². The summed E-state index contributed by atoms with van der Waals surface area (Å²) in [6.45, 7) is 10.8. The maximum absolute atomic E-state index is 11.2. The van der Waals surface area contributed by atoms with Gasteiger partial charge in [-0.2, -0.15) is 0 Å². The topological polar surface area (TPSA) is 110 Å². The first kappa shape index (κ1) is 38.6. The SMILES string of the molecule is C=CC(=O)OCCCCCCOc1cc(OCCCCCOC(=O)C=C)cc(-c2nnc(-c3ccc(-c4ccc(CCCCC)cc4)cc3)o2)c1. The number of ether oxygens (including phenoxy) is 4. The van der Waals surface area contributed by atoms with Gasteiger partial charge in [0.15, 0.2) is 0 Å². The third-order valence-electron chi connectivity index (χ3n) is 8.23. The molecule has 9 nitrogen and oxygen atoms in total. The quantitative estimate of drug-likeness (QED) is 0.0402. The molecule has 0 atom stereocenters. The number of hydrogen-bond acceptors (Lipinski definition) is 9. The molecule has 9 heteroatoms. The summed E-state index contributed by atoms with van der Waals surface area (Å²) in [6.07, 6.45) is 13.0. The highest BCUT2D eigenvalue weighted by Crippen LogP contribution is 2.32. The molecule has 1 aromatic heterocycles. The van der Waals surface area contributed by atoms with Gasteiger partial charge in [0.05, 0.1) is 26.4 Å². The first-order valence-electron chi connectivity index (χ1n) is 18.0. The lowest BCUT2D eigenvalue weighted by Gasteiger charge is -2.12. The number of hydrogen-bond donors (Lipinski definition) is 0. The van der Waals surface area contributed by atoms with E-state index in [0.717, 1.165) is 68.6 Å². The minimum atomic E-state index is -0.413. The average Bonchev–Trinajstić information content (AvgIpc) is 3.66. The second-order valence-electron chi connectivity index (χ2n) is 12.3. The van der Waals surface area contributed by atoms with Gasteiger partial charge in [0.1, 0.15) is 11.5 Å². The van der Waals surface area contributed by atoms with Gasteiger partial charge in [-0.25, -0.2) is 9.59 Å². The fraction of sp³-hybridized carbons (Fsp3) is 0.381. The molecule has 0 unspecified atom stereocenters. The van der Waals surface area contributed by atoms with E-state index in [1.54, 1.807) is 0 Å². The van der Waals surface area contributed by atoms with Crippen molar-refractivity contribution in [1.29, 1.82) is 0 Å². The van der Waals surface area contributed by atoms with Crippen LogP contribution in [0.5, 0.6) is 11.5 Å². The fourth-order valence-corrected chi connectivity index (χ4v) is 5.35. The van der Waals surface area contributed by atoms with Crippen LogP contribution in [-0.2, 0) is 25.5 Å². The number of aromatic nitrogens is 2. The Morgan fingerprint density at radius 2 is 1.06 bits per heavy atom. The van der Waals surface area contributed by atoms with E-state index in [4.69, 9.17) is 23.4 Å². The summed E-state index contributed by atoms with van der Waals surface area (Å²) >= 11 is 0. The van der Waals surface area contributed by atoms with E-state index in [1.807, 2.05) is 30.3 Å². The van der Waals surface area contributed by atoms with Crippen LogP contribution in [0.4, 0.5) is 0 Å². The predicted octanol–water partition coefficient (Wildman–Crippen LogP) is 9.75. The molecule has 0 amide bonds. The molecular formula is C42H50N2O7. The van der Waals surface area contributed by atoms with E-state index in [-0.39, 0.29) is 0 Å². The molecular weight excluding hydrogens is 644 g/mol. The van der Waals surface area contributed by atoms with Gasteiger partial charge in [-0.1, -0.05) is 69.3 Å². The predicted molar refractivity (Wildman–Crippen MR) is 199 cm³/mol. The monoisotopic (exact) mass is 694 g/mol. The molecule has 0 N–H and O–H groups in total. The molecule has 0 aliphatic rings. The Morgan fingerprint density at radius 3 is 1.59 bits per heavy atom. The number of rotatable bonds is 24. The molecule has 3 aromatic carbocycles. The number of carbonyl (C=O) groups excluding carboxylic acids is 2. The summed E-state index contributed by atoms with van der Waals surface area (Å²) in [5.74, 6) is 1.24. The first-order valence-corrected chi connectivity index (χ1v) is 18.0. The van der Waals surface area contributed by atoms with Crippen LogP contribution in [0.3, 0.4) is 0 Å². The van der Waals surface area contributed by atoms with E-state index in [1.165, 1.54) is 36.5 Å². The van der Waals surface area contributed by atoms with E-state index < -0.39 is 11.9 Å². The summed E-state index contributed by atoms with van der Waals surface area (Å²) in [7, 11) is 0. The van der Waals surface area contributed by atoms with Gasteiger partial charge in [0, 0.05) is 29.3 Å². The van der Waals surface area contributed by atoms with Gasteiger partial charge in [-0.15, -0.1) is 10.2 Å². The zero-order valence-electron chi connectivity index (χ0n) is 29.8. The molecule has 0 aliphatic heterocycles. The Labute approximate surface area is 301 Å². The maximum Gasteiger partial charge on any atom is 0.330 e. The van der Waals surface area contributed by atoms with Gasteiger partial charge < -0.3 is 23.4 Å². The molecule has 0 saturated carbocycles. The number of esters is 2. The van der Waals surface area contributed by atoms with Crippen molar-refractivity contribution >= 4 is 11.9 Å². The lowest BCUT2D eigenvalue weighted by atomic mass is 10.0. The van der Waals surface area contributed by atoms with Gasteiger partial charge in [-0.3, -0.25) is 0 Å². The summed E-state index contributed by atoms with van der Waals surface area (Å²) in [6, 6.07) is 22.5. The molecule has 0 spiro atoms. The summed E-state index contributed by atoms with van der Waals surface area (Å²) in [5.41, 5.74) is 5.18. The zero-order chi connectivity index (χ0) is 36.1. The molecule has 51 heavy (non-hydrogen) atoms. The molecule has 4 aromatic rings. The zero-order valence-corrected chi connectivity index (χ0v) is 29.8. The van der Waals surface area contributed by atoms with E-state index >= 15 is 0 Å². The highest BCUT2D eigenvalue weighted by molar-refractivity contribution is 5.81. The van der Waals surface area contributed by atoms with Crippen molar-refractivity contribution in [2.24, 2.45) is 0 Å². The standard InChI is InChI=1S/C42H50N2O7/c1-4-7-11-16-32-17-19-33(20-18-32)34-21-23-35(24-22-34)41-43-44-42(51-41)36-29-37(47-25-12-8-9-13-27-49-39(45)5-2)31-38(30-36)48-26-14-10-15-28-50-40(46)6-3/h5-6,17-24,29-31H,2-4,7-16,25-28H2,1H3.